The van der Waals surface area contributed by atoms with Crippen molar-refractivity contribution in [1.29, 1.82) is 0 Å². The standard InChI is InChI=1S/C13H19FN2O/c1-16(8-10-6-15-7-10)9-11-5-12(14)3-4-13(11)17-2/h3-5,10,15H,6-9H2,1-2H3. The molecule has 3 nitrogen and oxygen atoms in total. The van der Waals surface area contributed by atoms with Crippen LogP contribution in [-0.2, 0) is 6.54 Å². The quantitative estimate of drug-likeness (QED) is 0.841. The fourth-order valence-electron chi connectivity index (χ4n) is 2.14. The fourth-order valence-corrected chi connectivity index (χ4v) is 2.14. The molecule has 1 fully saturated rings. The molecular formula is C13H19FN2O. The van der Waals surface area contributed by atoms with E-state index in [4.69, 9.17) is 4.74 Å². The van der Waals surface area contributed by atoms with Gasteiger partial charge in [0.05, 0.1) is 7.11 Å². The summed E-state index contributed by atoms with van der Waals surface area (Å²) in [5.41, 5.74) is 0.905. The summed E-state index contributed by atoms with van der Waals surface area (Å²) in [6, 6.07) is 4.66. The molecule has 0 aliphatic carbocycles. The molecule has 0 unspecified atom stereocenters. The van der Waals surface area contributed by atoms with Crippen molar-refractivity contribution in [3.05, 3.63) is 29.6 Å². The van der Waals surface area contributed by atoms with E-state index in [-0.39, 0.29) is 5.82 Å². The van der Waals surface area contributed by atoms with Crippen LogP contribution in [0, 0.1) is 11.7 Å². The Morgan fingerprint density at radius 2 is 2.24 bits per heavy atom. The summed E-state index contributed by atoms with van der Waals surface area (Å²) in [6.07, 6.45) is 0. The van der Waals surface area contributed by atoms with E-state index in [1.165, 1.54) is 6.07 Å². The summed E-state index contributed by atoms with van der Waals surface area (Å²) in [4.78, 5) is 2.21. The Bertz CT molecular complexity index is 380. The second-order valence-corrected chi connectivity index (χ2v) is 4.68. The maximum absolute atomic E-state index is 13.2. The van der Waals surface area contributed by atoms with Crippen LogP contribution < -0.4 is 10.1 Å². The molecular weight excluding hydrogens is 219 g/mol. The highest BCUT2D eigenvalue weighted by atomic mass is 19.1. The summed E-state index contributed by atoms with van der Waals surface area (Å²) in [7, 11) is 3.68. The molecule has 94 valence electrons. The number of hydrogen-bond acceptors (Lipinski definition) is 3. The van der Waals surface area contributed by atoms with Crippen LogP contribution in [0.2, 0.25) is 0 Å². The Morgan fingerprint density at radius 3 is 2.82 bits per heavy atom. The summed E-state index contributed by atoms with van der Waals surface area (Å²) in [5.74, 6) is 1.27. The first kappa shape index (κ1) is 12.3. The third-order valence-corrected chi connectivity index (χ3v) is 3.12. The van der Waals surface area contributed by atoms with Gasteiger partial charge in [-0.15, -0.1) is 0 Å². The topological polar surface area (TPSA) is 24.5 Å². The molecule has 1 heterocycles. The lowest BCUT2D eigenvalue weighted by atomic mass is 10.0. The third-order valence-electron chi connectivity index (χ3n) is 3.12. The molecule has 0 atom stereocenters. The Labute approximate surface area is 102 Å². The predicted octanol–water partition coefficient (Wildman–Crippen LogP) is 1.49. The normalized spacial score (nSPS) is 16.0. The van der Waals surface area contributed by atoms with Crippen LogP contribution in [0.1, 0.15) is 5.56 Å². The van der Waals surface area contributed by atoms with E-state index in [0.29, 0.717) is 0 Å². The van der Waals surface area contributed by atoms with Gasteiger partial charge in [-0.3, -0.25) is 0 Å². The van der Waals surface area contributed by atoms with Gasteiger partial charge in [0.2, 0.25) is 0 Å². The average molecular weight is 238 g/mol. The van der Waals surface area contributed by atoms with E-state index >= 15 is 0 Å². The van der Waals surface area contributed by atoms with Crippen LogP contribution in [-0.4, -0.2) is 38.7 Å². The molecule has 1 saturated heterocycles. The number of nitrogens with zero attached hydrogens (tertiary/aromatic N) is 1. The van der Waals surface area contributed by atoms with Crippen LogP contribution in [0.15, 0.2) is 18.2 Å². The molecule has 1 N–H and O–H groups in total. The molecule has 0 amide bonds. The number of ether oxygens (including phenoxy) is 1. The number of halogens is 1. The van der Waals surface area contributed by atoms with Crippen LogP contribution in [0.25, 0.3) is 0 Å². The minimum atomic E-state index is -0.209. The number of benzene rings is 1. The number of hydrogen-bond donors (Lipinski definition) is 1. The monoisotopic (exact) mass is 238 g/mol. The molecule has 1 aliphatic heterocycles. The molecule has 0 saturated carbocycles. The summed E-state index contributed by atoms with van der Waals surface area (Å²) in [5, 5.41) is 3.25. The van der Waals surface area contributed by atoms with Crippen molar-refractivity contribution >= 4 is 0 Å². The Kier molecular flexibility index (Phi) is 3.97. The largest absolute Gasteiger partial charge is 0.496 e. The highest BCUT2D eigenvalue weighted by Gasteiger charge is 2.19. The van der Waals surface area contributed by atoms with E-state index < -0.39 is 0 Å². The lowest BCUT2D eigenvalue weighted by Gasteiger charge is -2.31. The van der Waals surface area contributed by atoms with E-state index in [2.05, 4.69) is 17.3 Å². The van der Waals surface area contributed by atoms with Gasteiger partial charge in [-0.25, -0.2) is 4.39 Å². The molecule has 17 heavy (non-hydrogen) atoms. The molecule has 1 aliphatic rings. The summed E-state index contributed by atoms with van der Waals surface area (Å²) < 4.78 is 18.4. The lowest BCUT2D eigenvalue weighted by Crippen LogP contribution is -2.47. The number of nitrogens with one attached hydrogen (secondary N) is 1. The fraction of sp³-hybridized carbons (Fsp3) is 0.538. The third kappa shape index (κ3) is 3.17. The number of rotatable bonds is 5. The van der Waals surface area contributed by atoms with Gasteiger partial charge in [-0.1, -0.05) is 0 Å². The molecule has 0 spiro atoms. The van der Waals surface area contributed by atoms with E-state index in [9.17, 15) is 4.39 Å². The molecule has 0 radical (unpaired) electrons. The Morgan fingerprint density at radius 1 is 1.47 bits per heavy atom. The van der Waals surface area contributed by atoms with Crippen molar-refractivity contribution in [2.75, 3.05) is 33.8 Å². The van der Waals surface area contributed by atoms with Crippen molar-refractivity contribution in [3.8, 4) is 5.75 Å². The molecule has 0 bridgehead atoms. The Hall–Kier alpha value is -1.13. The van der Waals surface area contributed by atoms with Crippen LogP contribution >= 0.6 is 0 Å². The minimum Gasteiger partial charge on any atom is -0.496 e. The molecule has 1 aromatic carbocycles. The lowest BCUT2D eigenvalue weighted by molar-refractivity contribution is 0.216. The highest BCUT2D eigenvalue weighted by molar-refractivity contribution is 5.33. The molecule has 1 aromatic rings. The predicted molar refractivity (Wildman–Crippen MR) is 65.6 cm³/mol. The van der Waals surface area contributed by atoms with Crippen molar-refractivity contribution in [2.24, 2.45) is 5.92 Å². The summed E-state index contributed by atoms with van der Waals surface area (Å²) >= 11 is 0. The van der Waals surface area contributed by atoms with Crippen LogP contribution in [0.5, 0.6) is 5.75 Å². The van der Waals surface area contributed by atoms with Crippen molar-refractivity contribution in [2.45, 2.75) is 6.54 Å². The van der Waals surface area contributed by atoms with Gasteiger partial charge in [-0.05, 0) is 31.2 Å². The summed E-state index contributed by atoms with van der Waals surface area (Å²) in [6.45, 7) is 3.93. The van der Waals surface area contributed by atoms with E-state index in [1.54, 1.807) is 19.2 Å². The van der Waals surface area contributed by atoms with Crippen LogP contribution in [0.3, 0.4) is 0 Å². The van der Waals surface area contributed by atoms with Crippen molar-refractivity contribution in [3.63, 3.8) is 0 Å². The SMILES string of the molecule is COc1ccc(F)cc1CN(C)CC1CNC1. The molecule has 2 rings (SSSR count). The first-order valence-electron chi connectivity index (χ1n) is 5.90. The molecule has 4 heteroatoms. The second kappa shape index (κ2) is 5.47. The van der Waals surface area contributed by atoms with Crippen molar-refractivity contribution in [1.82, 2.24) is 10.2 Å². The van der Waals surface area contributed by atoms with Gasteiger partial charge in [0.15, 0.2) is 0 Å². The van der Waals surface area contributed by atoms with Crippen LogP contribution in [0.4, 0.5) is 4.39 Å². The van der Waals surface area contributed by atoms with E-state index in [1.807, 2.05) is 0 Å². The second-order valence-electron chi connectivity index (χ2n) is 4.68. The number of methoxy groups -OCH3 is 1. The van der Waals surface area contributed by atoms with Gasteiger partial charge in [0, 0.05) is 31.7 Å². The highest BCUT2D eigenvalue weighted by Crippen LogP contribution is 2.21. The minimum absolute atomic E-state index is 0.209. The first-order valence-corrected chi connectivity index (χ1v) is 5.90. The smallest absolute Gasteiger partial charge is 0.123 e. The molecule has 0 aromatic heterocycles. The van der Waals surface area contributed by atoms with Gasteiger partial charge < -0.3 is 15.0 Å². The Balaban J connectivity index is 1.98. The zero-order chi connectivity index (χ0) is 12.3. The van der Waals surface area contributed by atoms with Gasteiger partial charge in [-0.2, -0.15) is 0 Å². The van der Waals surface area contributed by atoms with Crippen molar-refractivity contribution < 1.29 is 9.13 Å². The van der Waals surface area contributed by atoms with Gasteiger partial charge in [0.25, 0.3) is 0 Å². The van der Waals surface area contributed by atoms with Gasteiger partial charge >= 0.3 is 0 Å². The first-order chi connectivity index (χ1) is 8.19. The average Bonchev–Trinajstić information content (AvgIpc) is 2.24. The zero-order valence-electron chi connectivity index (χ0n) is 10.4. The maximum Gasteiger partial charge on any atom is 0.123 e. The van der Waals surface area contributed by atoms with Gasteiger partial charge in [0.1, 0.15) is 11.6 Å². The zero-order valence-corrected chi connectivity index (χ0v) is 10.4. The maximum atomic E-state index is 13.2. The van der Waals surface area contributed by atoms with E-state index in [0.717, 1.165) is 43.4 Å².